The molecule has 4 heteroatoms. The Morgan fingerprint density at radius 1 is 1.53 bits per heavy atom. The predicted octanol–water partition coefficient (Wildman–Crippen LogP) is 1.93. The van der Waals surface area contributed by atoms with Crippen LogP contribution in [0, 0.1) is 0 Å². The lowest BCUT2D eigenvalue weighted by molar-refractivity contribution is -0.142. The Hall–Kier alpha value is -0.870. The molecule has 0 spiro atoms. The largest absolute Gasteiger partial charge is 0.459 e. The lowest BCUT2D eigenvalue weighted by Gasteiger charge is -2.17. The summed E-state index contributed by atoms with van der Waals surface area (Å²) in [5, 5.41) is 2.05. The van der Waals surface area contributed by atoms with Gasteiger partial charge in [0.25, 0.3) is 0 Å². The van der Waals surface area contributed by atoms with E-state index in [0.717, 1.165) is 0 Å². The minimum atomic E-state index is -0.126. The fourth-order valence-electron chi connectivity index (χ4n) is 2.49. The van der Waals surface area contributed by atoms with Crippen molar-refractivity contribution in [3.63, 3.8) is 0 Å². The Labute approximate surface area is 92.0 Å². The predicted molar refractivity (Wildman–Crippen MR) is 55.9 cm³/mol. The van der Waals surface area contributed by atoms with E-state index in [-0.39, 0.29) is 30.2 Å². The number of hydrogen-bond donors (Lipinski definition) is 0. The van der Waals surface area contributed by atoms with E-state index < -0.39 is 0 Å². The maximum absolute atomic E-state index is 11.2. The molecule has 0 N–H and O–H groups in total. The third-order valence-electron chi connectivity index (χ3n) is 3.12. The highest BCUT2D eigenvalue weighted by molar-refractivity contribution is 7.10. The first-order chi connectivity index (χ1) is 7.25. The zero-order chi connectivity index (χ0) is 10.4. The van der Waals surface area contributed by atoms with Crippen molar-refractivity contribution in [2.45, 2.75) is 37.6 Å². The molecule has 0 saturated carbocycles. The number of carbonyl (C=O) groups excluding carboxylic acids is 1. The Kier molecular flexibility index (Phi) is 2.07. The summed E-state index contributed by atoms with van der Waals surface area (Å²) in [6.45, 7) is 2.05. The molecule has 15 heavy (non-hydrogen) atoms. The summed E-state index contributed by atoms with van der Waals surface area (Å²) < 4.78 is 11.1. The molecule has 4 atom stereocenters. The van der Waals surface area contributed by atoms with Crippen molar-refractivity contribution in [2.75, 3.05) is 0 Å². The quantitative estimate of drug-likeness (QED) is 0.684. The van der Waals surface area contributed by atoms with Crippen LogP contribution in [-0.4, -0.2) is 24.3 Å². The molecule has 2 saturated heterocycles. The van der Waals surface area contributed by atoms with Crippen molar-refractivity contribution in [1.82, 2.24) is 0 Å². The van der Waals surface area contributed by atoms with Crippen LogP contribution in [0.15, 0.2) is 17.5 Å². The van der Waals surface area contributed by atoms with Crippen molar-refractivity contribution in [3.05, 3.63) is 22.4 Å². The molecule has 3 heterocycles. The fraction of sp³-hybridized carbons (Fsp3) is 0.545. The molecule has 1 unspecified atom stereocenters. The first-order valence-electron chi connectivity index (χ1n) is 5.14. The van der Waals surface area contributed by atoms with Crippen LogP contribution in [0.1, 0.15) is 24.1 Å². The van der Waals surface area contributed by atoms with E-state index in [4.69, 9.17) is 9.47 Å². The van der Waals surface area contributed by atoms with E-state index in [1.165, 1.54) is 4.88 Å². The molecule has 0 bridgehead atoms. The highest BCUT2D eigenvalue weighted by Gasteiger charge is 2.50. The summed E-state index contributed by atoms with van der Waals surface area (Å²) in [5.74, 6) is 0.0971. The highest BCUT2D eigenvalue weighted by atomic mass is 32.1. The summed E-state index contributed by atoms with van der Waals surface area (Å²) in [7, 11) is 0. The minimum Gasteiger partial charge on any atom is -0.459 e. The smallest absolute Gasteiger partial charge is 0.308 e. The molecule has 0 radical (unpaired) electrons. The molecule has 1 aromatic heterocycles. The van der Waals surface area contributed by atoms with Crippen LogP contribution in [0.25, 0.3) is 0 Å². The maximum atomic E-state index is 11.2. The summed E-state index contributed by atoms with van der Waals surface area (Å²) in [4.78, 5) is 12.4. The van der Waals surface area contributed by atoms with Gasteiger partial charge < -0.3 is 9.47 Å². The number of rotatable bonds is 1. The molecule has 80 valence electrons. The monoisotopic (exact) mass is 224 g/mol. The van der Waals surface area contributed by atoms with Gasteiger partial charge in [-0.2, -0.15) is 0 Å². The summed E-state index contributed by atoms with van der Waals surface area (Å²) >= 11 is 1.70. The van der Waals surface area contributed by atoms with Gasteiger partial charge in [-0.15, -0.1) is 11.3 Å². The van der Waals surface area contributed by atoms with Crippen molar-refractivity contribution in [2.24, 2.45) is 0 Å². The van der Waals surface area contributed by atoms with Crippen molar-refractivity contribution in [1.29, 1.82) is 0 Å². The van der Waals surface area contributed by atoms with Crippen LogP contribution < -0.4 is 0 Å². The average molecular weight is 224 g/mol. The van der Waals surface area contributed by atoms with Gasteiger partial charge in [-0.1, -0.05) is 6.07 Å². The van der Waals surface area contributed by atoms with Gasteiger partial charge in [0, 0.05) is 4.88 Å². The normalized spacial score (nSPS) is 39.1. The van der Waals surface area contributed by atoms with E-state index in [1.54, 1.807) is 11.3 Å². The zero-order valence-corrected chi connectivity index (χ0v) is 9.20. The van der Waals surface area contributed by atoms with Gasteiger partial charge in [0.2, 0.25) is 0 Å². The number of carbonyl (C=O) groups is 1. The fourth-order valence-corrected chi connectivity index (χ4v) is 3.44. The topological polar surface area (TPSA) is 35.5 Å². The van der Waals surface area contributed by atoms with E-state index in [1.807, 2.05) is 11.4 Å². The van der Waals surface area contributed by atoms with Crippen LogP contribution in [-0.2, 0) is 14.3 Å². The second-order valence-electron chi connectivity index (χ2n) is 4.08. The van der Waals surface area contributed by atoms with E-state index >= 15 is 0 Å². The number of thiophene rings is 1. The van der Waals surface area contributed by atoms with E-state index in [9.17, 15) is 4.79 Å². The van der Waals surface area contributed by atoms with Gasteiger partial charge >= 0.3 is 5.97 Å². The molecule has 2 aliphatic rings. The van der Waals surface area contributed by atoms with Gasteiger partial charge in [-0.25, -0.2) is 0 Å². The van der Waals surface area contributed by atoms with Crippen LogP contribution in [0.2, 0.25) is 0 Å². The molecule has 3 nitrogen and oxygen atoms in total. The summed E-state index contributed by atoms with van der Waals surface area (Å²) in [6, 6.07) is 4.11. The van der Waals surface area contributed by atoms with Crippen LogP contribution in [0.4, 0.5) is 0 Å². The molecule has 1 aromatic rings. The molecule has 3 rings (SSSR count). The Morgan fingerprint density at radius 3 is 3.13 bits per heavy atom. The number of fused-ring (bicyclic) bond motifs is 1. The first kappa shape index (κ1) is 9.36. The Bertz CT molecular complexity index is 373. The molecular formula is C11H12O3S. The minimum absolute atomic E-state index is 0.0281. The number of hydrogen-bond acceptors (Lipinski definition) is 4. The standard InChI is InChI=1S/C11H12O3S/c1-6-10(8-3-2-4-15-8)11-7(13-6)5-9(12)14-11/h2-4,6-7,10-11H,5H2,1H3/t6?,7-,10+,11+/m1/s1. The van der Waals surface area contributed by atoms with Gasteiger partial charge in [-0.3, -0.25) is 4.79 Å². The first-order valence-corrected chi connectivity index (χ1v) is 6.02. The molecule has 0 aliphatic carbocycles. The third kappa shape index (κ3) is 1.40. The van der Waals surface area contributed by atoms with Crippen molar-refractivity contribution >= 4 is 17.3 Å². The van der Waals surface area contributed by atoms with Gasteiger partial charge in [0.15, 0.2) is 0 Å². The molecule has 0 amide bonds. The highest BCUT2D eigenvalue weighted by Crippen LogP contribution is 2.43. The third-order valence-corrected chi connectivity index (χ3v) is 4.10. The van der Waals surface area contributed by atoms with Gasteiger partial charge in [0.05, 0.1) is 18.4 Å². The molecule has 2 aliphatic heterocycles. The zero-order valence-electron chi connectivity index (χ0n) is 8.38. The van der Waals surface area contributed by atoms with Gasteiger partial charge in [-0.05, 0) is 18.4 Å². The van der Waals surface area contributed by atoms with Crippen LogP contribution in [0.5, 0.6) is 0 Å². The SMILES string of the molecule is CC1O[C@@H]2CC(=O)O[C@@H]2[C@@H]1c1cccs1. The van der Waals surface area contributed by atoms with E-state index in [2.05, 4.69) is 13.0 Å². The van der Waals surface area contributed by atoms with Crippen LogP contribution in [0.3, 0.4) is 0 Å². The van der Waals surface area contributed by atoms with E-state index in [0.29, 0.717) is 6.42 Å². The number of ether oxygens (including phenoxy) is 2. The number of esters is 1. The van der Waals surface area contributed by atoms with Crippen molar-refractivity contribution in [3.8, 4) is 0 Å². The Balaban J connectivity index is 1.91. The maximum Gasteiger partial charge on any atom is 0.308 e. The molecule has 0 aromatic carbocycles. The lowest BCUT2D eigenvalue weighted by Crippen LogP contribution is -2.22. The van der Waals surface area contributed by atoms with Crippen molar-refractivity contribution < 1.29 is 14.3 Å². The second kappa shape index (κ2) is 3.32. The lowest BCUT2D eigenvalue weighted by atomic mass is 9.95. The molecular weight excluding hydrogens is 212 g/mol. The molecule has 2 fully saturated rings. The second-order valence-corrected chi connectivity index (χ2v) is 5.06. The van der Waals surface area contributed by atoms with Crippen LogP contribution >= 0.6 is 11.3 Å². The Morgan fingerprint density at radius 2 is 2.40 bits per heavy atom. The summed E-state index contributed by atoms with van der Waals surface area (Å²) in [5.41, 5.74) is 0. The van der Waals surface area contributed by atoms with Gasteiger partial charge in [0.1, 0.15) is 12.2 Å². The average Bonchev–Trinajstić information content (AvgIpc) is 2.80. The summed E-state index contributed by atoms with van der Waals surface area (Å²) in [6.07, 6.45) is 0.467.